The molecule has 0 radical (unpaired) electrons. The van der Waals surface area contributed by atoms with E-state index in [2.05, 4.69) is 20.8 Å². The molecule has 2 rings (SSSR count). The summed E-state index contributed by atoms with van der Waals surface area (Å²) in [6.07, 6.45) is 0. The average Bonchev–Trinajstić information content (AvgIpc) is 2.40. The third-order valence-electron chi connectivity index (χ3n) is 2.22. The molecule has 0 saturated carbocycles. The molecule has 0 spiro atoms. The molecular formula is C12H12N4O2. The van der Waals surface area contributed by atoms with Crippen LogP contribution in [0.15, 0.2) is 47.3 Å². The number of carbonyl (C=O) groups excluding carboxylic acids is 1. The second-order valence-electron chi connectivity index (χ2n) is 3.60. The second kappa shape index (κ2) is 5.62. The van der Waals surface area contributed by atoms with Gasteiger partial charge in [-0.15, -0.1) is 0 Å². The molecule has 0 unspecified atom stereocenters. The lowest BCUT2D eigenvalue weighted by molar-refractivity contribution is 0.251. The first kappa shape index (κ1) is 11.8. The standard InChI is InChI=1S/C12H12N4O2/c17-11-7-6-10(15-16-11)14-12(18)13-8-9-4-2-1-3-5-9/h1-7H,8H2,(H,16,17)(H2,13,14,15,18). The number of aromatic nitrogens is 2. The van der Waals surface area contributed by atoms with E-state index in [4.69, 9.17) is 0 Å². The van der Waals surface area contributed by atoms with E-state index in [-0.39, 0.29) is 11.6 Å². The first-order valence-electron chi connectivity index (χ1n) is 5.38. The Morgan fingerprint density at radius 1 is 1.17 bits per heavy atom. The Morgan fingerprint density at radius 2 is 1.94 bits per heavy atom. The Balaban J connectivity index is 1.86. The first-order valence-corrected chi connectivity index (χ1v) is 5.38. The van der Waals surface area contributed by atoms with Crippen molar-refractivity contribution in [1.82, 2.24) is 15.5 Å². The number of nitrogens with one attached hydrogen (secondary N) is 3. The van der Waals surface area contributed by atoms with Crippen molar-refractivity contribution in [3.05, 3.63) is 58.4 Å². The minimum atomic E-state index is -0.376. The summed E-state index contributed by atoms with van der Waals surface area (Å²) >= 11 is 0. The summed E-state index contributed by atoms with van der Waals surface area (Å²) in [6.45, 7) is 0.427. The van der Waals surface area contributed by atoms with E-state index in [0.717, 1.165) is 5.56 Å². The average molecular weight is 244 g/mol. The van der Waals surface area contributed by atoms with Gasteiger partial charge in [0.2, 0.25) is 0 Å². The molecule has 0 bridgehead atoms. The van der Waals surface area contributed by atoms with E-state index in [9.17, 15) is 9.59 Å². The summed E-state index contributed by atoms with van der Waals surface area (Å²) in [5, 5.41) is 11.1. The van der Waals surface area contributed by atoms with Crippen molar-refractivity contribution < 1.29 is 4.79 Å². The summed E-state index contributed by atoms with van der Waals surface area (Å²) in [6, 6.07) is 11.9. The van der Waals surface area contributed by atoms with Gasteiger partial charge in [0, 0.05) is 12.6 Å². The number of nitrogens with zero attached hydrogens (tertiary/aromatic N) is 1. The zero-order valence-corrected chi connectivity index (χ0v) is 9.51. The predicted octanol–water partition coefficient (Wildman–Crippen LogP) is 1.09. The Morgan fingerprint density at radius 3 is 2.61 bits per heavy atom. The van der Waals surface area contributed by atoms with Gasteiger partial charge >= 0.3 is 6.03 Å². The van der Waals surface area contributed by atoms with E-state index in [0.29, 0.717) is 12.4 Å². The SMILES string of the molecule is O=C(NCc1ccccc1)Nc1ccc(=O)[nH]n1. The molecule has 1 heterocycles. The van der Waals surface area contributed by atoms with Crippen LogP contribution in [0.5, 0.6) is 0 Å². The van der Waals surface area contributed by atoms with Crippen molar-refractivity contribution >= 4 is 11.8 Å². The number of H-pyrrole nitrogens is 1. The third kappa shape index (κ3) is 3.44. The molecule has 6 nitrogen and oxygen atoms in total. The first-order chi connectivity index (χ1) is 8.74. The smallest absolute Gasteiger partial charge is 0.320 e. The lowest BCUT2D eigenvalue weighted by atomic mass is 10.2. The zero-order valence-electron chi connectivity index (χ0n) is 9.51. The van der Waals surface area contributed by atoms with Crippen molar-refractivity contribution in [2.75, 3.05) is 5.32 Å². The van der Waals surface area contributed by atoms with Crippen LogP contribution in [0.1, 0.15) is 5.56 Å². The monoisotopic (exact) mass is 244 g/mol. The molecule has 18 heavy (non-hydrogen) atoms. The fourth-order valence-corrected chi connectivity index (χ4v) is 1.35. The van der Waals surface area contributed by atoms with Crippen LogP contribution >= 0.6 is 0 Å². The van der Waals surface area contributed by atoms with Gasteiger partial charge in [-0.3, -0.25) is 10.1 Å². The van der Waals surface area contributed by atoms with Crippen molar-refractivity contribution in [1.29, 1.82) is 0 Å². The number of aromatic amines is 1. The number of rotatable bonds is 3. The summed E-state index contributed by atoms with van der Waals surface area (Å²) in [5.41, 5.74) is 0.687. The molecule has 0 atom stereocenters. The molecule has 0 saturated heterocycles. The Hall–Kier alpha value is -2.63. The highest BCUT2D eigenvalue weighted by molar-refractivity contribution is 5.87. The van der Waals surface area contributed by atoms with Crippen LogP contribution in [-0.4, -0.2) is 16.2 Å². The quantitative estimate of drug-likeness (QED) is 0.755. The number of hydrogen-bond donors (Lipinski definition) is 3. The third-order valence-corrected chi connectivity index (χ3v) is 2.22. The van der Waals surface area contributed by atoms with Crippen LogP contribution in [-0.2, 0) is 6.54 Å². The molecule has 0 aliphatic carbocycles. The van der Waals surface area contributed by atoms with E-state index < -0.39 is 0 Å². The van der Waals surface area contributed by atoms with E-state index in [1.165, 1.54) is 12.1 Å². The maximum Gasteiger partial charge on any atom is 0.320 e. The maximum atomic E-state index is 11.5. The van der Waals surface area contributed by atoms with E-state index >= 15 is 0 Å². The number of hydrogen-bond acceptors (Lipinski definition) is 3. The molecule has 1 aromatic carbocycles. The predicted molar refractivity (Wildman–Crippen MR) is 67.2 cm³/mol. The van der Waals surface area contributed by atoms with Gasteiger partial charge < -0.3 is 5.32 Å². The van der Waals surface area contributed by atoms with E-state index in [1.807, 2.05) is 30.3 Å². The summed E-state index contributed by atoms with van der Waals surface area (Å²) in [4.78, 5) is 22.3. The number of carbonyl (C=O) groups is 1. The molecule has 2 aromatic rings. The maximum absolute atomic E-state index is 11.5. The fraction of sp³-hybridized carbons (Fsp3) is 0.0833. The fourth-order valence-electron chi connectivity index (χ4n) is 1.35. The lowest BCUT2D eigenvalue weighted by Gasteiger charge is -2.06. The second-order valence-corrected chi connectivity index (χ2v) is 3.60. The van der Waals surface area contributed by atoms with Crippen LogP contribution in [0.3, 0.4) is 0 Å². The molecular weight excluding hydrogens is 232 g/mol. The van der Waals surface area contributed by atoms with Crippen molar-refractivity contribution in [2.45, 2.75) is 6.54 Å². The normalized spacial score (nSPS) is 9.78. The number of urea groups is 1. The highest BCUT2D eigenvalue weighted by Crippen LogP contribution is 1.98. The largest absolute Gasteiger partial charge is 0.334 e. The van der Waals surface area contributed by atoms with E-state index in [1.54, 1.807) is 0 Å². The molecule has 0 fully saturated rings. The summed E-state index contributed by atoms with van der Waals surface area (Å²) in [5.74, 6) is 0.292. The van der Waals surface area contributed by atoms with Gasteiger partial charge in [0.25, 0.3) is 5.56 Å². The highest BCUT2D eigenvalue weighted by Gasteiger charge is 2.02. The molecule has 0 aliphatic heterocycles. The lowest BCUT2D eigenvalue weighted by Crippen LogP contribution is -2.29. The highest BCUT2D eigenvalue weighted by atomic mass is 16.2. The minimum absolute atomic E-state index is 0.292. The molecule has 92 valence electrons. The summed E-state index contributed by atoms with van der Waals surface area (Å²) < 4.78 is 0. The molecule has 6 heteroatoms. The van der Waals surface area contributed by atoms with Gasteiger partial charge in [0.15, 0.2) is 5.82 Å². The van der Waals surface area contributed by atoms with Crippen LogP contribution in [0.4, 0.5) is 10.6 Å². The molecule has 1 aromatic heterocycles. The van der Waals surface area contributed by atoms with Crippen LogP contribution in [0.25, 0.3) is 0 Å². The van der Waals surface area contributed by atoms with Crippen molar-refractivity contribution in [3.8, 4) is 0 Å². The van der Waals surface area contributed by atoms with Crippen molar-refractivity contribution in [2.24, 2.45) is 0 Å². The Labute approximate surface area is 103 Å². The van der Waals surface area contributed by atoms with Gasteiger partial charge in [-0.05, 0) is 11.6 Å². The van der Waals surface area contributed by atoms with Crippen LogP contribution in [0.2, 0.25) is 0 Å². The Bertz CT molecular complexity index is 560. The zero-order chi connectivity index (χ0) is 12.8. The summed E-state index contributed by atoms with van der Waals surface area (Å²) in [7, 11) is 0. The molecule has 0 aliphatic rings. The molecule has 2 amide bonds. The van der Waals surface area contributed by atoms with Crippen molar-refractivity contribution in [3.63, 3.8) is 0 Å². The van der Waals surface area contributed by atoms with Gasteiger partial charge in [-0.1, -0.05) is 30.3 Å². The molecule has 3 N–H and O–H groups in total. The number of amides is 2. The minimum Gasteiger partial charge on any atom is -0.334 e. The van der Waals surface area contributed by atoms with Gasteiger partial charge in [-0.25, -0.2) is 9.89 Å². The van der Waals surface area contributed by atoms with Crippen LogP contribution in [0, 0.1) is 0 Å². The van der Waals surface area contributed by atoms with Gasteiger partial charge in [0.1, 0.15) is 0 Å². The van der Waals surface area contributed by atoms with Crippen LogP contribution < -0.4 is 16.2 Å². The number of anilines is 1. The number of benzene rings is 1. The topological polar surface area (TPSA) is 86.9 Å². The van der Waals surface area contributed by atoms with Gasteiger partial charge in [-0.2, -0.15) is 5.10 Å². The Kier molecular flexibility index (Phi) is 3.70. The van der Waals surface area contributed by atoms with Gasteiger partial charge in [0.05, 0.1) is 0 Å².